The van der Waals surface area contributed by atoms with Crippen LogP contribution in [0, 0.1) is 5.92 Å². The van der Waals surface area contributed by atoms with Crippen LogP contribution < -0.4 is 4.74 Å². The maximum Gasteiger partial charge on any atom is 0.310 e. The lowest BCUT2D eigenvalue weighted by atomic mass is 10.1. The van der Waals surface area contributed by atoms with Crippen molar-refractivity contribution in [1.29, 1.82) is 0 Å². The molecule has 0 bridgehead atoms. The third-order valence-electron chi connectivity index (χ3n) is 3.48. The van der Waals surface area contributed by atoms with Crippen LogP contribution in [0.2, 0.25) is 0 Å². The quantitative estimate of drug-likeness (QED) is 0.513. The molecule has 1 rings (SSSR count). The van der Waals surface area contributed by atoms with E-state index < -0.39 is 5.92 Å². The summed E-state index contributed by atoms with van der Waals surface area (Å²) < 4.78 is 14.9. The van der Waals surface area contributed by atoms with Crippen LogP contribution in [0.5, 0.6) is 5.75 Å². The number of carbonyl (C=O) groups is 2. The summed E-state index contributed by atoms with van der Waals surface area (Å²) in [6, 6.07) is 6.97. The SMILES string of the molecule is COCCCN(CC(C)C(=O)OC)C(=O)c1cccc(OC)c1. The lowest BCUT2D eigenvalue weighted by Gasteiger charge is -2.25. The van der Waals surface area contributed by atoms with Gasteiger partial charge in [-0.25, -0.2) is 0 Å². The van der Waals surface area contributed by atoms with E-state index in [1.807, 2.05) is 0 Å². The van der Waals surface area contributed by atoms with Crippen LogP contribution in [-0.4, -0.2) is 57.8 Å². The van der Waals surface area contributed by atoms with Crippen LogP contribution in [-0.2, 0) is 14.3 Å². The van der Waals surface area contributed by atoms with Crippen LogP contribution in [0.25, 0.3) is 0 Å². The molecule has 23 heavy (non-hydrogen) atoms. The van der Waals surface area contributed by atoms with Gasteiger partial charge in [-0.3, -0.25) is 9.59 Å². The third kappa shape index (κ3) is 5.90. The minimum atomic E-state index is -0.392. The Labute approximate surface area is 137 Å². The molecule has 1 aromatic carbocycles. The summed E-state index contributed by atoms with van der Waals surface area (Å²) in [4.78, 5) is 26.0. The summed E-state index contributed by atoms with van der Waals surface area (Å²) in [5, 5.41) is 0. The zero-order valence-corrected chi connectivity index (χ0v) is 14.2. The van der Waals surface area contributed by atoms with Crippen molar-refractivity contribution < 1.29 is 23.8 Å². The molecule has 6 nitrogen and oxygen atoms in total. The molecule has 0 aliphatic heterocycles. The highest BCUT2D eigenvalue weighted by Gasteiger charge is 2.22. The first kappa shape index (κ1) is 19.0. The first-order valence-electron chi connectivity index (χ1n) is 7.53. The van der Waals surface area contributed by atoms with Gasteiger partial charge in [-0.15, -0.1) is 0 Å². The van der Waals surface area contributed by atoms with Gasteiger partial charge in [0.25, 0.3) is 5.91 Å². The van der Waals surface area contributed by atoms with Gasteiger partial charge in [-0.05, 0) is 24.6 Å². The van der Waals surface area contributed by atoms with E-state index in [-0.39, 0.29) is 11.9 Å². The molecular formula is C17H25NO5. The average Bonchev–Trinajstić information content (AvgIpc) is 2.59. The third-order valence-corrected chi connectivity index (χ3v) is 3.48. The molecule has 1 amide bonds. The van der Waals surface area contributed by atoms with E-state index in [4.69, 9.17) is 14.2 Å². The minimum absolute atomic E-state index is 0.143. The largest absolute Gasteiger partial charge is 0.497 e. The second kappa shape index (κ2) is 9.84. The maximum atomic E-state index is 12.7. The zero-order valence-electron chi connectivity index (χ0n) is 14.2. The van der Waals surface area contributed by atoms with Crippen molar-refractivity contribution in [2.24, 2.45) is 5.92 Å². The Morgan fingerprint density at radius 2 is 1.96 bits per heavy atom. The highest BCUT2D eigenvalue weighted by molar-refractivity contribution is 5.94. The molecule has 1 atom stereocenters. The molecule has 0 fully saturated rings. The predicted octanol–water partition coefficient (Wildman–Crippen LogP) is 1.98. The van der Waals surface area contributed by atoms with Crippen molar-refractivity contribution in [3.63, 3.8) is 0 Å². The van der Waals surface area contributed by atoms with Crippen molar-refractivity contribution in [2.45, 2.75) is 13.3 Å². The van der Waals surface area contributed by atoms with E-state index in [9.17, 15) is 9.59 Å². The van der Waals surface area contributed by atoms with Gasteiger partial charge in [0.15, 0.2) is 0 Å². The standard InChI is InChI=1S/C17H25NO5/c1-13(17(20)23-4)12-18(9-6-10-21-2)16(19)14-7-5-8-15(11-14)22-3/h5,7-8,11,13H,6,9-10,12H2,1-4H3. The summed E-state index contributed by atoms with van der Waals surface area (Å²) in [5.74, 6) is -0.248. The number of nitrogens with zero attached hydrogens (tertiary/aromatic N) is 1. The van der Waals surface area contributed by atoms with E-state index in [0.717, 1.165) is 0 Å². The van der Waals surface area contributed by atoms with Gasteiger partial charge < -0.3 is 19.1 Å². The Bertz CT molecular complexity index is 517. The van der Waals surface area contributed by atoms with Gasteiger partial charge >= 0.3 is 5.97 Å². The maximum absolute atomic E-state index is 12.7. The fourth-order valence-corrected chi connectivity index (χ4v) is 2.22. The molecule has 1 unspecified atom stereocenters. The summed E-state index contributed by atoms with van der Waals surface area (Å²) in [6.45, 7) is 3.10. The Balaban J connectivity index is 2.87. The van der Waals surface area contributed by atoms with Gasteiger partial charge in [0.05, 0.1) is 20.1 Å². The van der Waals surface area contributed by atoms with Gasteiger partial charge in [0.1, 0.15) is 5.75 Å². The van der Waals surface area contributed by atoms with Crippen molar-refractivity contribution in [1.82, 2.24) is 4.90 Å². The molecule has 6 heteroatoms. The first-order chi connectivity index (χ1) is 11.0. The molecule has 0 radical (unpaired) electrons. The molecule has 0 aliphatic carbocycles. The van der Waals surface area contributed by atoms with Crippen LogP contribution in [0.15, 0.2) is 24.3 Å². The number of rotatable bonds is 9. The number of methoxy groups -OCH3 is 3. The van der Waals surface area contributed by atoms with Gasteiger partial charge in [-0.2, -0.15) is 0 Å². The lowest BCUT2D eigenvalue weighted by molar-refractivity contribution is -0.145. The molecule has 0 saturated heterocycles. The number of benzene rings is 1. The fraction of sp³-hybridized carbons (Fsp3) is 0.529. The summed E-state index contributed by atoms with van der Waals surface area (Å²) in [7, 11) is 4.52. The topological polar surface area (TPSA) is 65.1 Å². The highest BCUT2D eigenvalue weighted by atomic mass is 16.5. The molecule has 0 saturated carbocycles. The van der Waals surface area contributed by atoms with Gasteiger partial charge in [0.2, 0.25) is 0 Å². The Hall–Kier alpha value is -2.08. The first-order valence-corrected chi connectivity index (χ1v) is 7.53. The number of amides is 1. The van der Waals surface area contributed by atoms with E-state index in [0.29, 0.717) is 37.4 Å². The number of ether oxygens (including phenoxy) is 3. The molecule has 128 valence electrons. The smallest absolute Gasteiger partial charge is 0.310 e. The van der Waals surface area contributed by atoms with Crippen molar-refractivity contribution >= 4 is 11.9 Å². The van der Waals surface area contributed by atoms with Crippen LogP contribution in [0.3, 0.4) is 0 Å². The van der Waals surface area contributed by atoms with Crippen molar-refractivity contribution in [2.75, 3.05) is 41.0 Å². The number of carbonyl (C=O) groups excluding carboxylic acids is 2. The Morgan fingerprint density at radius 1 is 1.22 bits per heavy atom. The number of hydrogen-bond donors (Lipinski definition) is 0. The van der Waals surface area contributed by atoms with Crippen LogP contribution >= 0.6 is 0 Å². The second-order valence-electron chi connectivity index (χ2n) is 5.25. The van der Waals surface area contributed by atoms with Crippen LogP contribution in [0.4, 0.5) is 0 Å². The number of hydrogen-bond acceptors (Lipinski definition) is 5. The van der Waals surface area contributed by atoms with Gasteiger partial charge in [-0.1, -0.05) is 13.0 Å². The molecule has 0 spiro atoms. The number of esters is 1. The molecule has 0 aliphatic rings. The summed E-state index contributed by atoms with van der Waals surface area (Å²) in [6.07, 6.45) is 0.695. The van der Waals surface area contributed by atoms with Crippen molar-refractivity contribution in [3.8, 4) is 5.75 Å². The Morgan fingerprint density at radius 3 is 2.57 bits per heavy atom. The van der Waals surface area contributed by atoms with E-state index in [1.165, 1.54) is 7.11 Å². The molecule has 0 heterocycles. The second-order valence-corrected chi connectivity index (χ2v) is 5.25. The average molecular weight is 323 g/mol. The molecule has 0 N–H and O–H groups in total. The summed E-state index contributed by atoms with van der Waals surface area (Å²) >= 11 is 0. The molecule has 1 aromatic rings. The van der Waals surface area contributed by atoms with E-state index in [1.54, 1.807) is 50.3 Å². The van der Waals surface area contributed by atoms with Gasteiger partial charge in [0, 0.05) is 32.4 Å². The van der Waals surface area contributed by atoms with Crippen molar-refractivity contribution in [3.05, 3.63) is 29.8 Å². The lowest BCUT2D eigenvalue weighted by Crippen LogP contribution is -2.38. The minimum Gasteiger partial charge on any atom is -0.497 e. The molecular weight excluding hydrogens is 298 g/mol. The van der Waals surface area contributed by atoms with E-state index in [2.05, 4.69) is 0 Å². The highest BCUT2D eigenvalue weighted by Crippen LogP contribution is 2.16. The Kier molecular flexibility index (Phi) is 8.11. The monoisotopic (exact) mass is 323 g/mol. The fourth-order valence-electron chi connectivity index (χ4n) is 2.22. The predicted molar refractivity (Wildman–Crippen MR) is 86.6 cm³/mol. The summed E-state index contributed by atoms with van der Waals surface area (Å²) in [5.41, 5.74) is 0.527. The normalized spacial score (nSPS) is 11.7. The molecule has 0 aromatic heterocycles. The van der Waals surface area contributed by atoms with Crippen LogP contribution in [0.1, 0.15) is 23.7 Å². The van der Waals surface area contributed by atoms with E-state index >= 15 is 0 Å². The zero-order chi connectivity index (χ0) is 17.2.